The number of hydrogen-bond acceptors (Lipinski definition) is 5. The van der Waals surface area contributed by atoms with E-state index in [1.807, 2.05) is 18.3 Å². The van der Waals surface area contributed by atoms with E-state index < -0.39 is 17.7 Å². The lowest BCUT2D eigenvalue weighted by Gasteiger charge is -2.41. The number of allylic oxidation sites excluding steroid dienone is 4. The lowest BCUT2D eigenvalue weighted by Crippen LogP contribution is -2.55. The molecule has 184 valence electrons. The molecular formula is C25H27F3N6O. The third-order valence-corrected chi connectivity index (χ3v) is 6.84. The summed E-state index contributed by atoms with van der Waals surface area (Å²) in [5.74, 6) is -0.896. The highest BCUT2D eigenvalue weighted by Crippen LogP contribution is 2.46. The summed E-state index contributed by atoms with van der Waals surface area (Å²) in [4.78, 5) is 11.6. The van der Waals surface area contributed by atoms with Gasteiger partial charge in [-0.2, -0.15) is 18.3 Å². The van der Waals surface area contributed by atoms with Crippen LogP contribution in [-0.2, 0) is 0 Å². The molecule has 1 unspecified atom stereocenters. The van der Waals surface area contributed by atoms with Crippen molar-refractivity contribution in [3.63, 3.8) is 0 Å². The zero-order valence-electron chi connectivity index (χ0n) is 19.1. The largest absolute Gasteiger partial charge is 0.421 e. The number of piperidine rings is 1. The number of aromatic nitrogens is 5. The van der Waals surface area contributed by atoms with Crippen LogP contribution < -0.4 is 5.32 Å². The van der Waals surface area contributed by atoms with Gasteiger partial charge in [-0.05, 0) is 62.9 Å². The van der Waals surface area contributed by atoms with Gasteiger partial charge >= 0.3 is 6.18 Å². The number of fused-ring (bicyclic) bond motifs is 1. The number of H-pyrrole nitrogens is 1. The van der Waals surface area contributed by atoms with Crippen LogP contribution in [0.4, 0.5) is 13.2 Å². The second-order valence-corrected chi connectivity index (χ2v) is 8.97. The summed E-state index contributed by atoms with van der Waals surface area (Å²) in [6.07, 6.45) is 10.8. The molecule has 3 aromatic heterocycles. The topological polar surface area (TPSA) is 91.6 Å². The Morgan fingerprint density at radius 1 is 1.06 bits per heavy atom. The molecule has 0 saturated carbocycles. The molecule has 35 heavy (non-hydrogen) atoms. The van der Waals surface area contributed by atoms with Gasteiger partial charge in [0.1, 0.15) is 5.52 Å². The quantitative estimate of drug-likeness (QED) is 0.503. The van der Waals surface area contributed by atoms with Crippen molar-refractivity contribution in [1.82, 2.24) is 30.0 Å². The first-order valence-electron chi connectivity index (χ1n) is 11.8. The molecule has 7 nitrogen and oxygen atoms in total. The molecule has 5 rings (SSSR count). The molecule has 1 aliphatic carbocycles. The van der Waals surface area contributed by atoms with Crippen molar-refractivity contribution in [1.29, 1.82) is 0 Å². The number of aromatic amines is 1. The molecule has 3 N–H and O–H groups in total. The van der Waals surface area contributed by atoms with Crippen LogP contribution in [0.2, 0.25) is 0 Å². The monoisotopic (exact) mass is 484 g/mol. The van der Waals surface area contributed by atoms with Crippen molar-refractivity contribution >= 4 is 16.9 Å². The van der Waals surface area contributed by atoms with Crippen LogP contribution in [-0.4, -0.2) is 54.7 Å². The van der Waals surface area contributed by atoms with Crippen molar-refractivity contribution in [2.24, 2.45) is 5.92 Å². The Balaban J connectivity index is 1.48. The first-order chi connectivity index (χ1) is 16.9. The maximum atomic E-state index is 14.3. The molecule has 3 aromatic rings. The predicted molar refractivity (Wildman–Crippen MR) is 127 cm³/mol. The number of hydrogen-bond donors (Lipinski definition) is 3. The third-order valence-electron chi connectivity index (χ3n) is 6.84. The average molecular weight is 485 g/mol. The molecular weight excluding hydrogens is 457 g/mol. The molecule has 0 bridgehead atoms. The average Bonchev–Trinajstić information content (AvgIpc) is 3.54. The smallest absolute Gasteiger partial charge is 0.376 e. The van der Waals surface area contributed by atoms with E-state index in [0.717, 1.165) is 11.1 Å². The Labute approximate surface area is 200 Å². The van der Waals surface area contributed by atoms with E-state index in [4.69, 9.17) is 0 Å². The number of nitrogens with one attached hydrogen (secondary N) is 2. The van der Waals surface area contributed by atoms with E-state index in [-0.39, 0.29) is 18.4 Å². The van der Waals surface area contributed by atoms with Crippen LogP contribution in [0.1, 0.15) is 32.1 Å². The molecule has 0 aromatic carbocycles. The highest BCUT2D eigenvalue weighted by Gasteiger charge is 2.59. The van der Waals surface area contributed by atoms with Gasteiger partial charge in [0.15, 0.2) is 11.2 Å². The number of halogens is 3. The van der Waals surface area contributed by atoms with Gasteiger partial charge in [0.25, 0.3) is 0 Å². The van der Waals surface area contributed by atoms with Gasteiger partial charge in [-0.3, -0.25) is 0 Å². The van der Waals surface area contributed by atoms with E-state index in [9.17, 15) is 18.3 Å². The van der Waals surface area contributed by atoms with Crippen LogP contribution in [0.15, 0.2) is 60.9 Å². The second-order valence-electron chi connectivity index (χ2n) is 8.97. The highest BCUT2D eigenvalue weighted by atomic mass is 19.4. The molecule has 10 heteroatoms. The number of alkyl halides is 3. The Morgan fingerprint density at radius 2 is 1.86 bits per heavy atom. The zero-order chi connectivity index (χ0) is 24.5. The van der Waals surface area contributed by atoms with Crippen molar-refractivity contribution in [2.75, 3.05) is 13.1 Å². The fourth-order valence-electron chi connectivity index (χ4n) is 4.94. The van der Waals surface area contributed by atoms with Crippen molar-refractivity contribution < 1.29 is 18.3 Å². The van der Waals surface area contributed by atoms with E-state index in [2.05, 4.69) is 25.4 Å². The number of nitrogens with zero attached hydrogens (tertiary/aromatic N) is 4. The van der Waals surface area contributed by atoms with Gasteiger partial charge in [-0.25, -0.2) is 14.6 Å². The molecule has 0 spiro atoms. The summed E-state index contributed by atoms with van der Waals surface area (Å²) in [6.45, 7) is 0.916. The summed E-state index contributed by atoms with van der Waals surface area (Å²) in [5, 5.41) is 18.7. The molecule has 1 aliphatic heterocycles. The molecule has 1 saturated heterocycles. The maximum Gasteiger partial charge on any atom is 0.421 e. The molecule has 2 aliphatic rings. The molecule has 0 radical (unpaired) electrons. The molecule has 1 fully saturated rings. The fourth-order valence-corrected chi connectivity index (χ4v) is 4.94. The summed E-state index contributed by atoms with van der Waals surface area (Å²) in [7, 11) is 0. The van der Waals surface area contributed by atoms with Gasteiger partial charge in [0.2, 0.25) is 0 Å². The van der Waals surface area contributed by atoms with E-state index >= 15 is 0 Å². The second kappa shape index (κ2) is 9.43. The summed E-state index contributed by atoms with van der Waals surface area (Å²) in [5.41, 5.74) is 0.711. The Morgan fingerprint density at radius 3 is 2.66 bits per heavy atom. The van der Waals surface area contributed by atoms with Gasteiger partial charge < -0.3 is 15.4 Å². The van der Waals surface area contributed by atoms with Crippen molar-refractivity contribution in [2.45, 2.75) is 43.9 Å². The first kappa shape index (κ1) is 23.5. The van der Waals surface area contributed by atoms with Crippen LogP contribution in [0.25, 0.3) is 28.0 Å². The Bertz CT molecular complexity index is 1280. The lowest BCUT2D eigenvalue weighted by molar-refractivity contribution is -0.264. The van der Waals surface area contributed by atoms with Crippen LogP contribution >= 0.6 is 0 Å². The number of aliphatic hydroxyl groups is 1. The SMILES string of the molecule is OC(C1=C/CCC/C=C(n2cc(-c3ccnc4[nH]cnc34)cn2)/C=C\1)(C1CCNCC1)C(F)(F)F. The molecule has 4 heterocycles. The standard InChI is InChI=1S/C25H27F3N6O/c26-25(27,28)24(35,19-8-11-29-12-9-19)18-4-2-1-3-5-20(7-6-18)34-15-17(14-33-34)21-10-13-30-23-22(21)31-16-32-23/h4-7,10,13-16,19,29,35H,1-3,8-9,11-12H2,(H,30,31,32)/b7-6-,18-4+,20-5-. The van der Waals surface area contributed by atoms with E-state index in [0.29, 0.717) is 49.2 Å². The minimum absolute atomic E-state index is 0.0931. The van der Waals surface area contributed by atoms with E-state index in [1.165, 1.54) is 6.08 Å². The summed E-state index contributed by atoms with van der Waals surface area (Å²) in [6, 6.07) is 1.85. The number of imidazole rings is 1. The minimum atomic E-state index is -4.78. The van der Waals surface area contributed by atoms with Gasteiger partial charge in [0, 0.05) is 29.4 Å². The fraction of sp³-hybridized carbons (Fsp3) is 0.400. The van der Waals surface area contributed by atoms with Crippen LogP contribution in [0.3, 0.4) is 0 Å². The third kappa shape index (κ3) is 4.43. The first-order valence-corrected chi connectivity index (χ1v) is 11.8. The van der Waals surface area contributed by atoms with Gasteiger partial charge in [-0.15, -0.1) is 0 Å². The van der Waals surface area contributed by atoms with E-state index in [1.54, 1.807) is 35.6 Å². The Kier molecular flexibility index (Phi) is 6.33. The van der Waals surface area contributed by atoms with Gasteiger partial charge in [-0.1, -0.05) is 18.2 Å². The van der Waals surface area contributed by atoms with Gasteiger partial charge in [0.05, 0.1) is 18.2 Å². The normalized spacial score (nSPS) is 23.9. The minimum Gasteiger partial charge on any atom is -0.376 e. The number of pyridine rings is 1. The van der Waals surface area contributed by atoms with Crippen molar-refractivity contribution in [3.05, 3.63) is 60.9 Å². The molecule has 1 atom stereocenters. The Hall–Kier alpha value is -3.24. The zero-order valence-corrected chi connectivity index (χ0v) is 19.1. The van der Waals surface area contributed by atoms with Crippen molar-refractivity contribution in [3.8, 4) is 11.1 Å². The number of rotatable bonds is 4. The van der Waals surface area contributed by atoms with Crippen LogP contribution in [0.5, 0.6) is 0 Å². The summed E-state index contributed by atoms with van der Waals surface area (Å²) < 4.78 is 44.6. The molecule has 0 amide bonds. The maximum absolute atomic E-state index is 14.3. The lowest BCUT2D eigenvalue weighted by atomic mass is 9.75. The predicted octanol–water partition coefficient (Wildman–Crippen LogP) is 4.62. The van der Waals surface area contributed by atoms with Crippen LogP contribution in [0, 0.1) is 5.92 Å². The highest BCUT2D eigenvalue weighted by molar-refractivity contribution is 5.89. The summed E-state index contributed by atoms with van der Waals surface area (Å²) >= 11 is 0.